The second-order valence-corrected chi connectivity index (χ2v) is 7.09. The average Bonchev–Trinajstić information content (AvgIpc) is 2.62. The van der Waals surface area contributed by atoms with Crippen molar-refractivity contribution < 1.29 is 23.1 Å². The molecule has 0 aliphatic heterocycles. The Hall–Kier alpha value is -1.45. The molecule has 0 aliphatic carbocycles. The number of carboxylic acid groups (broad SMARTS) is 1. The van der Waals surface area contributed by atoms with Gasteiger partial charge in [-0.2, -0.15) is 0 Å². The molecule has 4 N–H and O–H groups in total. The van der Waals surface area contributed by atoms with E-state index in [9.17, 15) is 18.0 Å². The minimum Gasteiger partial charge on any atom is -0.481 e. The quantitative estimate of drug-likeness (QED) is 0.649. The minimum atomic E-state index is -3.75. The van der Waals surface area contributed by atoms with Crippen molar-refractivity contribution in [2.45, 2.75) is 30.0 Å². The van der Waals surface area contributed by atoms with E-state index in [4.69, 9.17) is 10.8 Å². The molecule has 1 heterocycles. The summed E-state index contributed by atoms with van der Waals surface area (Å²) in [6.07, 6.45) is -0.330. The molecule has 0 saturated heterocycles. The number of rotatable bonds is 7. The van der Waals surface area contributed by atoms with Crippen LogP contribution in [-0.4, -0.2) is 31.4 Å². The van der Waals surface area contributed by atoms with E-state index in [2.05, 4.69) is 4.72 Å². The SMILES string of the molecule is CC(CC(N)=O)NS(=O)(=O)c1ccc(CC(=O)O)s1. The van der Waals surface area contributed by atoms with E-state index in [1.807, 2.05) is 0 Å². The van der Waals surface area contributed by atoms with Crippen LogP contribution in [0.25, 0.3) is 0 Å². The summed E-state index contributed by atoms with van der Waals surface area (Å²) in [7, 11) is -3.75. The van der Waals surface area contributed by atoms with Gasteiger partial charge >= 0.3 is 5.97 Å². The van der Waals surface area contributed by atoms with Gasteiger partial charge in [0.25, 0.3) is 0 Å². The van der Waals surface area contributed by atoms with E-state index in [0.29, 0.717) is 4.88 Å². The van der Waals surface area contributed by atoms with Gasteiger partial charge in [0.1, 0.15) is 4.21 Å². The molecule has 1 rings (SSSR count). The van der Waals surface area contributed by atoms with Crippen molar-refractivity contribution in [3.8, 4) is 0 Å². The Bertz CT molecular complexity index is 578. The largest absolute Gasteiger partial charge is 0.481 e. The second-order valence-electron chi connectivity index (χ2n) is 3.98. The molecule has 19 heavy (non-hydrogen) atoms. The molecule has 0 bridgehead atoms. The lowest BCUT2D eigenvalue weighted by molar-refractivity contribution is -0.136. The van der Waals surface area contributed by atoms with Gasteiger partial charge in [0, 0.05) is 17.3 Å². The molecule has 0 aliphatic rings. The van der Waals surface area contributed by atoms with Gasteiger partial charge in [-0.3, -0.25) is 9.59 Å². The number of nitrogens with two attached hydrogens (primary N) is 1. The maximum absolute atomic E-state index is 11.9. The van der Waals surface area contributed by atoms with Gasteiger partial charge in [-0.05, 0) is 19.1 Å². The van der Waals surface area contributed by atoms with Crippen LogP contribution in [0.1, 0.15) is 18.2 Å². The van der Waals surface area contributed by atoms with Crippen LogP contribution in [0.3, 0.4) is 0 Å². The van der Waals surface area contributed by atoms with Crippen molar-refractivity contribution in [2.24, 2.45) is 5.73 Å². The highest BCUT2D eigenvalue weighted by molar-refractivity contribution is 7.91. The van der Waals surface area contributed by atoms with Crippen LogP contribution < -0.4 is 10.5 Å². The van der Waals surface area contributed by atoms with Crippen LogP contribution in [0, 0.1) is 0 Å². The third-order valence-electron chi connectivity index (χ3n) is 2.09. The smallest absolute Gasteiger partial charge is 0.308 e. The predicted molar refractivity (Wildman–Crippen MR) is 69.3 cm³/mol. The number of sulfonamides is 1. The summed E-state index contributed by atoms with van der Waals surface area (Å²) in [5.41, 5.74) is 4.97. The van der Waals surface area contributed by atoms with Crippen molar-refractivity contribution in [3.05, 3.63) is 17.0 Å². The standard InChI is InChI=1S/C10H14N2O5S2/c1-6(4-8(11)13)12-19(16,17)10-3-2-7(18-10)5-9(14)15/h2-3,6,12H,4-5H2,1H3,(H2,11,13)(H,14,15). The molecule has 1 unspecified atom stereocenters. The van der Waals surface area contributed by atoms with Gasteiger partial charge in [0.2, 0.25) is 15.9 Å². The summed E-state index contributed by atoms with van der Waals surface area (Å²) in [5.74, 6) is -1.63. The fraction of sp³-hybridized carbons (Fsp3) is 0.400. The molecule has 0 spiro atoms. The topological polar surface area (TPSA) is 127 Å². The highest BCUT2D eigenvalue weighted by Gasteiger charge is 2.20. The molecule has 1 amide bonds. The first-order chi connectivity index (χ1) is 8.70. The van der Waals surface area contributed by atoms with Crippen molar-refractivity contribution in [1.82, 2.24) is 4.72 Å². The molecule has 9 heteroatoms. The van der Waals surface area contributed by atoms with Gasteiger partial charge in [-0.15, -0.1) is 11.3 Å². The number of amides is 1. The maximum atomic E-state index is 11.9. The zero-order valence-electron chi connectivity index (χ0n) is 10.1. The van der Waals surface area contributed by atoms with Crippen LogP contribution in [0.4, 0.5) is 0 Å². The Morgan fingerprint density at radius 1 is 1.47 bits per heavy atom. The van der Waals surface area contributed by atoms with Crippen LogP contribution in [0.2, 0.25) is 0 Å². The third kappa shape index (κ3) is 4.97. The lowest BCUT2D eigenvalue weighted by Gasteiger charge is -2.10. The number of aliphatic carboxylic acids is 1. The van der Waals surface area contributed by atoms with Crippen molar-refractivity contribution in [2.75, 3.05) is 0 Å². The predicted octanol–water partition coefficient (Wildman–Crippen LogP) is -0.0826. The molecular weight excluding hydrogens is 292 g/mol. The van der Waals surface area contributed by atoms with E-state index >= 15 is 0 Å². The second kappa shape index (κ2) is 6.13. The van der Waals surface area contributed by atoms with E-state index < -0.39 is 27.9 Å². The van der Waals surface area contributed by atoms with E-state index in [1.54, 1.807) is 0 Å². The summed E-state index contributed by atoms with van der Waals surface area (Å²) in [6.45, 7) is 1.52. The summed E-state index contributed by atoms with van der Waals surface area (Å²) in [4.78, 5) is 21.6. The van der Waals surface area contributed by atoms with E-state index in [0.717, 1.165) is 11.3 Å². The van der Waals surface area contributed by atoms with Crippen molar-refractivity contribution >= 4 is 33.2 Å². The fourth-order valence-electron chi connectivity index (χ4n) is 1.41. The molecule has 7 nitrogen and oxygen atoms in total. The fourth-order valence-corrected chi connectivity index (χ4v) is 4.02. The Morgan fingerprint density at radius 3 is 2.63 bits per heavy atom. The normalized spacial score (nSPS) is 13.1. The third-order valence-corrected chi connectivity index (χ3v) is 5.26. The lowest BCUT2D eigenvalue weighted by Crippen LogP contribution is -2.35. The first-order valence-corrected chi connectivity index (χ1v) is 7.62. The minimum absolute atomic E-state index is 0.0140. The molecule has 1 atom stereocenters. The average molecular weight is 306 g/mol. The van der Waals surface area contributed by atoms with Crippen LogP contribution in [-0.2, 0) is 26.0 Å². The highest BCUT2D eigenvalue weighted by Crippen LogP contribution is 2.22. The monoisotopic (exact) mass is 306 g/mol. The van der Waals surface area contributed by atoms with Crippen molar-refractivity contribution in [3.63, 3.8) is 0 Å². The number of hydrogen-bond donors (Lipinski definition) is 3. The van der Waals surface area contributed by atoms with Gasteiger partial charge < -0.3 is 10.8 Å². The number of hydrogen-bond acceptors (Lipinski definition) is 5. The van der Waals surface area contributed by atoms with E-state index in [1.165, 1.54) is 19.1 Å². The highest BCUT2D eigenvalue weighted by atomic mass is 32.2. The zero-order valence-corrected chi connectivity index (χ0v) is 11.8. The van der Waals surface area contributed by atoms with Crippen LogP contribution in [0.5, 0.6) is 0 Å². The maximum Gasteiger partial charge on any atom is 0.308 e. The molecule has 0 fully saturated rings. The first-order valence-electron chi connectivity index (χ1n) is 5.32. The summed E-state index contributed by atoms with van der Waals surface area (Å²) >= 11 is 0.882. The number of primary amides is 1. The van der Waals surface area contributed by atoms with Gasteiger partial charge in [-0.25, -0.2) is 13.1 Å². The Kier molecular flexibility index (Phi) is 5.04. The van der Waals surface area contributed by atoms with Gasteiger partial charge in [0.15, 0.2) is 0 Å². The Balaban J connectivity index is 2.80. The molecule has 106 valence electrons. The number of thiophene rings is 1. The van der Waals surface area contributed by atoms with Crippen LogP contribution >= 0.6 is 11.3 Å². The van der Waals surface area contributed by atoms with Gasteiger partial charge in [0.05, 0.1) is 6.42 Å². The van der Waals surface area contributed by atoms with Gasteiger partial charge in [-0.1, -0.05) is 0 Å². The number of carbonyl (C=O) groups excluding carboxylic acids is 1. The molecule has 1 aromatic rings. The first kappa shape index (κ1) is 15.6. The van der Waals surface area contributed by atoms with E-state index in [-0.39, 0.29) is 17.1 Å². The number of carboxylic acids is 1. The molecular formula is C10H14N2O5S2. The molecule has 0 saturated carbocycles. The Labute approximate surface area is 114 Å². The van der Waals surface area contributed by atoms with Crippen molar-refractivity contribution in [1.29, 1.82) is 0 Å². The number of carbonyl (C=O) groups is 2. The summed E-state index contributed by atoms with van der Waals surface area (Å²) in [6, 6.07) is 2.17. The molecule has 0 aromatic carbocycles. The summed E-state index contributed by atoms with van der Waals surface area (Å²) < 4.78 is 26.2. The Morgan fingerprint density at radius 2 is 2.11 bits per heavy atom. The zero-order chi connectivity index (χ0) is 14.6. The lowest BCUT2D eigenvalue weighted by atomic mass is 10.2. The summed E-state index contributed by atoms with van der Waals surface area (Å²) in [5, 5.41) is 8.61. The molecule has 1 aromatic heterocycles. The number of nitrogens with one attached hydrogen (secondary N) is 1. The molecule has 0 radical (unpaired) electrons. The van der Waals surface area contributed by atoms with Crippen LogP contribution in [0.15, 0.2) is 16.3 Å².